The molecule has 0 bridgehead atoms. The summed E-state index contributed by atoms with van der Waals surface area (Å²) in [6.07, 6.45) is 0. The number of tetrazole rings is 1. The van der Waals surface area contributed by atoms with Gasteiger partial charge in [-0.3, -0.25) is 0 Å². The Morgan fingerprint density at radius 3 is 2.85 bits per heavy atom. The Hall–Kier alpha value is -1.47. The molecule has 1 N–H and O–H groups in total. The number of methoxy groups -OCH3 is 1. The van der Waals surface area contributed by atoms with Crippen LogP contribution in [0.2, 0.25) is 0 Å². The Kier molecular flexibility index (Phi) is 5.08. The zero-order valence-electron chi connectivity index (χ0n) is 11.8. The van der Waals surface area contributed by atoms with Crippen molar-refractivity contribution in [3.05, 3.63) is 28.5 Å². The molecule has 20 heavy (non-hydrogen) atoms. The van der Waals surface area contributed by atoms with E-state index in [4.69, 9.17) is 4.74 Å². The topological polar surface area (TPSA) is 64.9 Å². The number of nitrogens with zero attached hydrogens (tertiary/aromatic N) is 4. The summed E-state index contributed by atoms with van der Waals surface area (Å²) >= 11 is 3.47. The van der Waals surface area contributed by atoms with Crippen LogP contribution >= 0.6 is 15.9 Å². The standard InChI is InChI=1S/C13H18BrN5O/c1-9(2)7-15-8-13-16-17-18-19(13)10-4-5-12(20-3)11(14)6-10/h4-6,9,15H,7-8H2,1-3H3. The Morgan fingerprint density at radius 1 is 1.40 bits per heavy atom. The lowest BCUT2D eigenvalue weighted by molar-refractivity contribution is 0.412. The minimum Gasteiger partial charge on any atom is -0.496 e. The zero-order chi connectivity index (χ0) is 14.5. The Morgan fingerprint density at radius 2 is 2.20 bits per heavy atom. The van der Waals surface area contributed by atoms with Crippen LogP contribution in [0.5, 0.6) is 5.75 Å². The molecule has 0 aliphatic rings. The number of hydrogen-bond donors (Lipinski definition) is 1. The summed E-state index contributed by atoms with van der Waals surface area (Å²) in [6.45, 7) is 5.89. The summed E-state index contributed by atoms with van der Waals surface area (Å²) in [5.41, 5.74) is 0.893. The number of halogens is 1. The molecule has 6 nitrogen and oxygen atoms in total. The molecule has 0 radical (unpaired) electrons. The second-order valence-corrected chi connectivity index (χ2v) is 5.70. The first-order chi connectivity index (χ1) is 9.61. The van der Waals surface area contributed by atoms with E-state index in [0.29, 0.717) is 12.5 Å². The van der Waals surface area contributed by atoms with Gasteiger partial charge in [-0.1, -0.05) is 13.8 Å². The second kappa shape index (κ2) is 6.81. The molecule has 1 aromatic heterocycles. The van der Waals surface area contributed by atoms with E-state index < -0.39 is 0 Å². The quantitative estimate of drug-likeness (QED) is 0.873. The third-order valence-corrected chi connectivity index (χ3v) is 3.37. The average Bonchev–Trinajstić information content (AvgIpc) is 2.86. The number of aromatic nitrogens is 4. The lowest BCUT2D eigenvalue weighted by Gasteiger charge is -2.09. The van der Waals surface area contributed by atoms with Crippen LogP contribution in [0.3, 0.4) is 0 Å². The van der Waals surface area contributed by atoms with Gasteiger partial charge in [0, 0.05) is 0 Å². The van der Waals surface area contributed by atoms with Crippen molar-refractivity contribution in [3.8, 4) is 11.4 Å². The van der Waals surface area contributed by atoms with Crippen molar-refractivity contribution in [2.45, 2.75) is 20.4 Å². The molecular weight excluding hydrogens is 322 g/mol. The Labute approximate surface area is 126 Å². The number of benzene rings is 1. The fourth-order valence-electron chi connectivity index (χ4n) is 1.78. The van der Waals surface area contributed by atoms with Crippen LogP contribution in [0.4, 0.5) is 0 Å². The predicted molar refractivity (Wildman–Crippen MR) is 80.0 cm³/mol. The summed E-state index contributed by atoms with van der Waals surface area (Å²) in [6, 6.07) is 5.74. The van der Waals surface area contributed by atoms with Gasteiger partial charge in [-0.2, -0.15) is 4.68 Å². The van der Waals surface area contributed by atoms with E-state index in [0.717, 1.165) is 28.3 Å². The van der Waals surface area contributed by atoms with E-state index in [2.05, 4.69) is 50.6 Å². The Balaban J connectivity index is 2.17. The average molecular weight is 340 g/mol. The molecule has 0 amide bonds. The molecule has 0 saturated heterocycles. The minimum atomic E-state index is 0.592. The van der Waals surface area contributed by atoms with Crippen LogP contribution in [-0.2, 0) is 6.54 Å². The maximum atomic E-state index is 5.22. The van der Waals surface area contributed by atoms with Gasteiger partial charge >= 0.3 is 0 Å². The molecule has 0 atom stereocenters. The smallest absolute Gasteiger partial charge is 0.170 e. The third-order valence-electron chi connectivity index (χ3n) is 2.75. The molecule has 0 saturated carbocycles. The molecule has 108 valence electrons. The highest BCUT2D eigenvalue weighted by Gasteiger charge is 2.10. The van der Waals surface area contributed by atoms with Gasteiger partial charge in [0.25, 0.3) is 0 Å². The first-order valence-corrected chi connectivity index (χ1v) is 7.23. The molecule has 0 aliphatic heterocycles. The van der Waals surface area contributed by atoms with Crippen molar-refractivity contribution < 1.29 is 4.74 Å². The van der Waals surface area contributed by atoms with Gasteiger partial charge in [0.05, 0.1) is 23.8 Å². The largest absolute Gasteiger partial charge is 0.496 e. The van der Waals surface area contributed by atoms with Crippen molar-refractivity contribution in [1.29, 1.82) is 0 Å². The van der Waals surface area contributed by atoms with E-state index in [9.17, 15) is 0 Å². The number of rotatable bonds is 6. The van der Waals surface area contributed by atoms with E-state index in [1.165, 1.54) is 0 Å². The van der Waals surface area contributed by atoms with Crippen LogP contribution in [-0.4, -0.2) is 33.9 Å². The maximum absolute atomic E-state index is 5.22. The summed E-state index contributed by atoms with van der Waals surface area (Å²) in [4.78, 5) is 0. The first-order valence-electron chi connectivity index (χ1n) is 6.43. The van der Waals surface area contributed by atoms with Crippen molar-refractivity contribution >= 4 is 15.9 Å². The molecule has 0 spiro atoms. The maximum Gasteiger partial charge on any atom is 0.170 e. The lowest BCUT2D eigenvalue weighted by Crippen LogP contribution is -2.21. The molecule has 1 heterocycles. The molecule has 2 rings (SSSR count). The van der Waals surface area contributed by atoms with Gasteiger partial charge in [0.2, 0.25) is 0 Å². The molecule has 2 aromatic rings. The van der Waals surface area contributed by atoms with Crippen molar-refractivity contribution in [2.24, 2.45) is 5.92 Å². The predicted octanol–water partition coefficient (Wildman–Crippen LogP) is 2.18. The number of ether oxygens (including phenoxy) is 1. The molecule has 0 unspecified atom stereocenters. The lowest BCUT2D eigenvalue weighted by atomic mass is 10.2. The van der Waals surface area contributed by atoms with E-state index in [1.807, 2.05) is 18.2 Å². The number of hydrogen-bond acceptors (Lipinski definition) is 5. The van der Waals surface area contributed by atoms with Crippen molar-refractivity contribution in [1.82, 2.24) is 25.5 Å². The third kappa shape index (κ3) is 3.55. The first kappa shape index (κ1) is 14.9. The fraction of sp³-hybridized carbons (Fsp3) is 0.462. The highest BCUT2D eigenvalue weighted by molar-refractivity contribution is 9.10. The van der Waals surface area contributed by atoms with Gasteiger partial charge in [0.1, 0.15) is 5.75 Å². The molecule has 0 aliphatic carbocycles. The molecule has 0 fully saturated rings. The zero-order valence-corrected chi connectivity index (χ0v) is 13.4. The van der Waals surface area contributed by atoms with E-state index in [-0.39, 0.29) is 0 Å². The van der Waals surface area contributed by atoms with Gasteiger partial charge in [0.15, 0.2) is 5.82 Å². The van der Waals surface area contributed by atoms with Gasteiger partial charge in [-0.05, 0) is 57.0 Å². The molecule has 1 aromatic carbocycles. The summed E-state index contributed by atoms with van der Waals surface area (Å²) < 4.78 is 7.81. The highest BCUT2D eigenvalue weighted by Crippen LogP contribution is 2.26. The number of nitrogens with one attached hydrogen (secondary N) is 1. The summed E-state index contributed by atoms with van der Waals surface area (Å²) in [5.74, 6) is 2.15. The highest BCUT2D eigenvalue weighted by atomic mass is 79.9. The van der Waals surface area contributed by atoms with Crippen LogP contribution in [0.1, 0.15) is 19.7 Å². The SMILES string of the molecule is COc1ccc(-n2nnnc2CNCC(C)C)cc1Br. The van der Waals surface area contributed by atoms with Crippen LogP contribution in [0.15, 0.2) is 22.7 Å². The summed E-state index contributed by atoms with van der Waals surface area (Å²) in [7, 11) is 1.64. The van der Waals surface area contributed by atoms with Gasteiger partial charge in [-0.15, -0.1) is 5.10 Å². The normalized spacial score (nSPS) is 11.1. The monoisotopic (exact) mass is 339 g/mol. The summed E-state index contributed by atoms with van der Waals surface area (Å²) in [5, 5.41) is 15.2. The van der Waals surface area contributed by atoms with Gasteiger partial charge < -0.3 is 10.1 Å². The van der Waals surface area contributed by atoms with Crippen LogP contribution in [0, 0.1) is 5.92 Å². The van der Waals surface area contributed by atoms with Crippen LogP contribution < -0.4 is 10.1 Å². The Bertz CT molecular complexity index is 570. The van der Waals surface area contributed by atoms with E-state index >= 15 is 0 Å². The van der Waals surface area contributed by atoms with Crippen LogP contribution in [0.25, 0.3) is 5.69 Å². The fourth-order valence-corrected chi connectivity index (χ4v) is 2.30. The molecule has 7 heteroatoms. The van der Waals surface area contributed by atoms with Crippen molar-refractivity contribution in [3.63, 3.8) is 0 Å². The van der Waals surface area contributed by atoms with E-state index in [1.54, 1.807) is 11.8 Å². The van der Waals surface area contributed by atoms with Gasteiger partial charge in [-0.25, -0.2) is 0 Å². The molecular formula is C13H18BrN5O. The van der Waals surface area contributed by atoms with Crippen molar-refractivity contribution in [2.75, 3.05) is 13.7 Å². The minimum absolute atomic E-state index is 0.592. The second-order valence-electron chi connectivity index (χ2n) is 4.85.